The summed E-state index contributed by atoms with van der Waals surface area (Å²) in [6.45, 7) is 4.04. The highest BCUT2D eigenvalue weighted by atomic mass is 32.1. The minimum atomic E-state index is -4.53. The third-order valence-electron chi connectivity index (χ3n) is 4.40. The lowest BCUT2D eigenvalue weighted by molar-refractivity contribution is -0.139. The molecule has 2 aromatic carbocycles. The number of likely N-dealkylation sites (N-methyl/N-ethyl adjacent to an activating group) is 1. The number of aliphatic carboxylic acids is 1. The van der Waals surface area contributed by atoms with E-state index < -0.39 is 29.6 Å². The van der Waals surface area contributed by atoms with E-state index >= 15 is 0 Å². The number of hydrogen-bond acceptors (Lipinski definition) is 3. The highest BCUT2D eigenvalue weighted by molar-refractivity contribution is 7.80. The number of carbonyl (C=O) groups is 1. The van der Waals surface area contributed by atoms with Gasteiger partial charge in [0.15, 0.2) is 0 Å². The van der Waals surface area contributed by atoms with Gasteiger partial charge in [-0.15, -0.1) is 0 Å². The first-order valence-electron chi connectivity index (χ1n) is 9.08. The van der Waals surface area contributed by atoms with E-state index in [4.69, 9.17) is 5.11 Å². The van der Waals surface area contributed by atoms with Gasteiger partial charge in [0.25, 0.3) is 0 Å². The van der Waals surface area contributed by atoms with E-state index in [-0.39, 0.29) is 5.56 Å². The van der Waals surface area contributed by atoms with Crippen LogP contribution in [0.1, 0.15) is 30.5 Å². The number of benzene rings is 2. The van der Waals surface area contributed by atoms with Gasteiger partial charge in [-0.3, -0.25) is 4.79 Å². The van der Waals surface area contributed by atoms with Crippen molar-refractivity contribution in [2.75, 3.05) is 12.8 Å². The lowest BCUT2D eigenvalue weighted by Gasteiger charge is -2.12. The van der Waals surface area contributed by atoms with Gasteiger partial charge in [0, 0.05) is 11.3 Å². The maximum atomic E-state index is 14.0. The molecule has 0 aromatic heterocycles. The molecule has 29 heavy (non-hydrogen) atoms. The molecular formula is C21H25F4NO2S. The summed E-state index contributed by atoms with van der Waals surface area (Å²) in [7, 11) is 1.59. The number of hydrogen-bond donors (Lipinski definition) is 3. The van der Waals surface area contributed by atoms with Crippen LogP contribution in [0.15, 0.2) is 36.4 Å². The molecule has 0 spiro atoms. The topological polar surface area (TPSA) is 49.3 Å². The van der Waals surface area contributed by atoms with E-state index in [1.54, 1.807) is 13.1 Å². The van der Waals surface area contributed by atoms with Crippen molar-refractivity contribution in [2.24, 2.45) is 0 Å². The van der Waals surface area contributed by atoms with Gasteiger partial charge in [0.1, 0.15) is 11.9 Å². The van der Waals surface area contributed by atoms with Gasteiger partial charge < -0.3 is 10.4 Å². The standard InChI is InChI=1S/C17H16F4.C4H9NO2S/c1-3-11-5-6-13(9-12(11)4-2)15-8-7-14(10-16(15)18)17(19,20)21;1-5-3(2-8)4(6)7/h5-10H,3-4H2,1-2H3;3,5,8H,2H2,1H3,(H,6,7)/t;3-/m.0/s1. The Balaban J connectivity index is 0.000000447. The largest absolute Gasteiger partial charge is 0.480 e. The number of nitrogens with one attached hydrogen (secondary N) is 1. The first kappa shape index (κ1) is 25.0. The minimum absolute atomic E-state index is 0.195. The Bertz CT molecular complexity index is 821. The number of aryl methyl sites for hydroxylation is 2. The molecule has 0 fully saturated rings. The molecule has 0 heterocycles. The highest BCUT2D eigenvalue weighted by Crippen LogP contribution is 2.33. The predicted octanol–water partition coefficient (Wildman–Crippen LogP) is 5.23. The molecule has 0 aliphatic carbocycles. The maximum Gasteiger partial charge on any atom is 0.416 e. The number of rotatable bonds is 6. The fraction of sp³-hybridized carbons (Fsp3) is 0.381. The number of thiol groups is 1. The van der Waals surface area contributed by atoms with Gasteiger partial charge in [0.2, 0.25) is 0 Å². The van der Waals surface area contributed by atoms with Crippen molar-refractivity contribution in [3.63, 3.8) is 0 Å². The van der Waals surface area contributed by atoms with Gasteiger partial charge in [0.05, 0.1) is 5.56 Å². The SMILES string of the molecule is CCc1ccc(-c2ccc(C(F)(F)F)cc2F)cc1CC.CN[C@@H](CS)C(=O)O. The molecule has 2 N–H and O–H groups in total. The number of carboxylic acids is 1. The second-order valence-corrected chi connectivity index (χ2v) is 6.61. The summed E-state index contributed by atoms with van der Waals surface area (Å²) in [5.41, 5.74) is 2.10. The fourth-order valence-electron chi connectivity index (χ4n) is 2.69. The minimum Gasteiger partial charge on any atom is -0.480 e. The highest BCUT2D eigenvalue weighted by Gasteiger charge is 2.31. The zero-order valence-electron chi connectivity index (χ0n) is 16.5. The molecule has 0 bridgehead atoms. The molecule has 0 saturated heterocycles. The van der Waals surface area contributed by atoms with Crippen LogP contribution in [0.4, 0.5) is 17.6 Å². The van der Waals surface area contributed by atoms with E-state index in [2.05, 4.69) is 17.9 Å². The molecule has 1 atom stereocenters. The summed E-state index contributed by atoms with van der Waals surface area (Å²) in [6.07, 6.45) is -2.85. The zero-order chi connectivity index (χ0) is 22.2. The Morgan fingerprint density at radius 3 is 2.10 bits per heavy atom. The third kappa shape index (κ3) is 7.04. The van der Waals surface area contributed by atoms with Crippen molar-refractivity contribution in [1.29, 1.82) is 0 Å². The van der Waals surface area contributed by atoms with Crippen LogP contribution < -0.4 is 5.32 Å². The summed E-state index contributed by atoms with van der Waals surface area (Å²) in [6, 6.07) is 7.66. The molecule has 160 valence electrons. The van der Waals surface area contributed by atoms with E-state index in [0.29, 0.717) is 17.4 Å². The van der Waals surface area contributed by atoms with E-state index in [1.807, 2.05) is 26.0 Å². The summed E-state index contributed by atoms with van der Waals surface area (Å²) >= 11 is 3.79. The summed E-state index contributed by atoms with van der Waals surface area (Å²) in [4.78, 5) is 10.1. The van der Waals surface area contributed by atoms with E-state index in [0.717, 1.165) is 24.5 Å². The average Bonchev–Trinajstić information content (AvgIpc) is 2.68. The fourth-order valence-corrected chi connectivity index (χ4v) is 3.02. The van der Waals surface area contributed by atoms with Crippen molar-refractivity contribution >= 4 is 18.6 Å². The van der Waals surface area contributed by atoms with Crippen LogP contribution in [0.2, 0.25) is 0 Å². The smallest absolute Gasteiger partial charge is 0.416 e. The molecule has 0 unspecified atom stereocenters. The van der Waals surface area contributed by atoms with Crippen molar-refractivity contribution in [1.82, 2.24) is 5.32 Å². The second kappa shape index (κ2) is 11.2. The van der Waals surface area contributed by atoms with Crippen LogP contribution in [-0.4, -0.2) is 29.9 Å². The van der Waals surface area contributed by atoms with Crippen LogP contribution in [0, 0.1) is 5.82 Å². The molecule has 0 aliphatic rings. The Morgan fingerprint density at radius 1 is 1.10 bits per heavy atom. The van der Waals surface area contributed by atoms with Gasteiger partial charge in [-0.25, -0.2) is 4.39 Å². The van der Waals surface area contributed by atoms with Gasteiger partial charge >= 0.3 is 12.1 Å². The molecule has 3 nitrogen and oxygen atoms in total. The van der Waals surface area contributed by atoms with Crippen LogP contribution in [0.25, 0.3) is 11.1 Å². The Morgan fingerprint density at radius 2 is 1.72 bits per heavy atom. The van der Waals surface area contributed by atoms with Crippen molar-refractivity contribution in [3.05, 3.63) is 58.9 Å². The quantitative estimate of drug-likeness (QED) is 0.434. The lowest BCUT2D eigenvalue weighted by atomic mass is 9.95. The van der Waals surface area contributed by atoms with E-state index in [9.17, 15) is 22.4 Å². The molecule has 0 radical (unpaired) electrons. The van der Waals surface area contributed by atoms with Crippen LogP contribution >= 0.6 is 12.6 Å². The molecule has 2 rings (SSSR count). The molecule has 0 amide bonds. The summed E-state index contributed by atoms with van der Waals surface area (Å²) < 4.78 is 51.6. The summed E-state index contributed by atoms with van der Waals surface area (Å²) in [5, 5.41) is 10.8. The Kier molecular flexibility index (Phi) is 9.65. The second-order valence-electron chi connectivity index (χ2n) is 6.25. The summed E-state index contributed by atoms with van der Waals surface area (Å²) in [5.74, 6) is -1.38. The van der Waals surface area contributed by atoms with E-state index in [1.165, 1.54) is 11.6 Å². The van der Waals surface area contributed by atoms with Crippen molar-refractivity contribution in [3.8, 4) is 11.1 Å². The van der Waals surface area contributed by atoms with Crippen molar-refractivity contribution in [2.45, 2.75) is 38.9 Å². The predicted molar refractivity (Wildman–Crippen MR) is 110 cm³/mol. The third-order valence-corrected chi connectivity index (χ3v) is 4.77. The zero-order valence-corrected chi connectivity index (χ0v) is 17.4. The lowest BCUT2D eigenvalue weighted by Crippen LogP contribution is -2.35. The van der Waals surface area contributed by atoms with Gasteiger partial charge in [-0.1, -0.05) is 38.1 Å². The Labute approximate surface area is 173 Å². The number of halogens is 4. The normalized spacial score (nSPS) is 12.1. The monoisotopic (exact) mass is 431 g/mol. The van der Waals surface area contributed by atoms with Crippen molar-refractivity contribution < 1.29 is 27.5 Å². The first-order valence-corrected chi connectivity index (χ1v) is 9.72. The number of carboxylic acid groups (broad SMARTS) is 1. The first-order chi connectivity index (χ1) is 13.6. The van der Waals surface area contributed by atoms with Crippen LogP contribution in [0.3, 0.4) is 0 Å². The molecule has 0 saturated carbocycles. The molecule has 8 heteroatoms. The molecular weight excluding hydrogens is 406 g/mol. The number of alkyl halides is 3. The van der Waals surface area contributed by atoms with Crippen LogP contribution in [-0.2, 0) is 23.8 Å². The van der Waals surface area contributed by atoms with Gasteiger partial charge in [-0.05, 0) is 48.7 Å². The molecule has 2 aromatic rings. The molecule has 0 aliphatic heterocycles. The van der Waals surface area contributed by atoms with Crippen LogP contribution in [0.5, 0.6) is 0 Å². The Hall–Kier alpha value is -2.06. The average molecular weight is 431 g/mol. The maximum absolute atomic E-state index is 14.0. The van der Waals surface area contributed by atoms with Gasteiger partial charge in [-0.2, -0.15) is 25.8 Å².